The fraction of sp³-hybridized carbons (Fsp3) is 0.250. The Morgan fingerprint density at radius 3 is 2.46 bits per heavy atom. The zero-order valence-corrected chi connectivity index (χ0v) is 16.8. The van der Waals surface area contributed by atoms with Gasteiger partial charge < -0.3 is 9.80 Å². The molecule has 0 aliphatic carbocycles. The van der Waals surface area contributed by atoms with Crippen LogP contribution in [0.1, 0.15) is 0 Å². The van der Waals surface area contributed by atoms with E-state index in [1.54, 1.807) is 0 Å². The highest BCUT2D eigenvalue weighted by Crippen LogP contribution is 2.22. The third kappa shape index (κ3) is 4.48. The summed E-state index contributed by atoms with van der Waals surface area (Å²) in [5.41, 5.74) is 2.12. The molecular formula is C20H20ClN5OS. The van der Waals surface area contributed by atoms with Crippen molar-refractivity contribution in [3.8, 4) is 11.4 Å². The van der Waals surface area contributed by atoms with E-state index in [1.807, 2.05) is 47.4 Å². The molecule has 0 radical (unpaired) electrons. The first-order valence-electron chi connectivity index (χ1n) is 9.08. The van der Waals surface area contributed by atoms with Gasteiger partial charge in [-0.05, 0) is 36.4 Å². The maximum absolute atomic E-state index is 12.5. The lowest BCUT2D eigenvalue weighted by Gasteiger charge is -2.36. The Labute approximate surface area is 172 Å². The molecule has 0 atom stereocenters. The summed E-state index contributed by atoms with van der Waals surface area (Å²) < 4.78 is 0. The number of aromatic amines is 1. The van der Waals surface area contributed by atoms with Crippen molar-refractivity contribution in [2.75, 3.05) is 36.8 Å². The minimum Gasteiger partial charge on any atom is -0.368 e. The van der Waals surface area contributed by atoms with Crippen molar-refractivity contribution in [1.29, 1.82) is 0 Å². The lowest BCUT2D eigenvalue weighted by Crippen LogP contribution is -2.49. The standard InChI is InChI=1S/C20H20ClN5OS/c21-16-8-6-15(7-9-16)19-22-20(24-23-19)28-14-18(27)26-12-10-25(11-13-26)17-4-2-1-3-5-17/h1-9H,10-14H2,(H,22,23,24). The maximum atomic E-state index is 12.5. The first kappa shape index (κ1) is 18.8. The number of para-hydroxylation sites is 1. The number of carbonyl (C=O) groups is 1. The lowest BCUT2D eigenvalue weighted by molar-refractivity contribution is -0.128. The molecule has 0 saturated carbocycles. The molecular weight excluding hydrogens is 394 g/mol. The predicted octanol–water partition coefficient (Wildman–Crippen LogP) is 3.57. The second-order valence-electron chi connectivity index (χ2n) is 6.47. The van der Waals surface area contributed by atoms with Crippen LogP contribution in [0.2, 0.25) is 5.02 Å². The third-order valence-electron chi connectivity index (χ3n) is 4.66. The number of halogens is 1. The molecule has 6 nitrogen and oxygen atoms in total. The summed E-state index contributed by atoms with van der Waals surface area (Å²) in [6.07, 6.45) is 0. The topological polar surface area (TPSA) is 65.1 Å². The largest absolute Gasteiger partial charge is 0.368 e. The van der Waals surface area contributed by atoms with Crippen LogP contribution < -0.4 is 4.90 Å². The third-order valence-corrected chi connectivity index (χ3v) is 5.75. The number of hydrogen-bond acceptors (Lipinski definition) is 5. The number of nitrogens with one attached hydrogen (secondary N) is 1. The van der Waals surface area contributed by atoms with Crippen molar-refractivity contribution < 1.29 is 4.79 Å². The second-order valence-corrected chi connectivity index (χ2v) is 7.84. The number of hydrogen-bond donors (Lipinski definition) is 1. The van der Waals surface area contributed by atoms with Crippen LogP contribution in [0.15, 0.2) is 59.8 Å². The van der Waals surface area contributed by atoms with E-state index in [0.29, 0.717) is 21.8 Å². The highest BCUT2D eigenvalue weighted by atomic mass is 35.5. The fourth-order valence-corrected chi connectivity index (χ4v) is 3.95. The second kappa shape index (κ2) is 8.67. The van der Waals surface area contributed by atoms with Gasteiger partial charge in [0.1, 0.15) is 0 Å². The summed E-state index contributed by atoms with van der Waals surface area (Å²) in [5.74, 6) is 1.13. The van der Waals surface area contributed by atoms with Gasteiger partial charge in [0.05, 0.1) is 5.75 Å². The molecule has 8 heteroatoms. The Kier molecular flexibility index (Phi) is 5.83. The molecule has 0 bridgehead atoms. The molecule has 144 valence electrons. The van der Waals surface area contributed by atoms with Gasteiger partial charge in [-0.3, -0.25) is 9.89 Å². The molecule has 2 aromatic carbocycles. The number of carbonyl (C=O) groups excluding carboxylic acids is 1. The van der Waals surface area contributed by atoms with E-state index >= 15 is 0 Å². The maximum Gasteiger partial charge on any atom is 0.233 e. The summed E-state index contributed by atoms with van der Waals surface area (Å²) >= 11 is 7.26. The zero-order chi connectivity index (χ0) is 19.3. The average Bonchev–Trinajstić information content (AvgIpc) is 3.22. The van der Waals surface area contributed by atoms with Crippen molar-refractivity contribution >= 4 is 35.0 Å². The molecule has 2 heterocycles. The van der Waals surface area contributed by atoms with Gasteiger partial charge in [0, 0.05) is 42.5 Å². The number of benzene rings is 2. The Balaban J connectivity index is 1.28. The molecule has 1 N–H and O–H groups in total. The first-order chi connectivity index (χ1) is 13.7. The van der Waals surface area contributed by atoms with E-state index in [2.05, 4.69) is 32.2 Å². The van der Waals surface area contributed by atoms with Gasteiger partial charge in [-0.15, -0.1) is 5.10 Å². The molecule has 4 rings (SSSR count). The summed E-state index contributed by atoms with van der Waals surface area (Å²) in [6.45, 7) is 3.17. The van der Waals surface area contributed by atoms with Crippen LogP contribution in [0.5, 0.6) is 0 Å². The van der Waals surface area contributed by atoms with E-state index in [0.717, 1.165) is 31.7 Å². The average molecular weight is 414 g/mol. The molecule has 1 aromatic heterocycles. The Morgan fingerprint density at radius 2 is 1.75 bits per heavy atom. The summed E-state index contributed by atoms with van der Waals surface area (Å²) in [5, 5.41) is 8.36. The summed E-state index contributed by atoms with van der Waals surface area (Å²) in [7, 11) is 0. The lowest BCUT2D eigenvalue weighted by atomic mass is 10.2. The molecule has 0 unspecified atom stereocenters. The zero-order valence-electron chi connectivity index (χ0n) is 15.2. The van der Waals surface area contributed by atoms with Crippen LogP contribution in [-0.2, 0) is 4.79 Å². The summed E-state index contributed by atoms with van der Waals surface area (Å²) in [4.78, 5) is 21.2. The fourth-order valence-electron chi connectivity index (χ4n) is 3.12. The van der Waals surface area contributed by atoms with E-state index in [-0.39, 0.29) is 5.91 Å². The Hall–Kier alpha value is -2.51. The molecule has 28 heavy (non-hydrogen) atoms. The van der Waals surface area contributed by atoms with Gasteiger partial charge in [-0.2, -0.15) is 0 Å². The molecule has 1 saturated heterocycles. The normalized spacial score (nSPS) is 14.3. The van der Waals surface area contributed by atoms with Crippen molar-refractivity contribution in [1.82, 2.24) is 20.1 Å². The first-order valence-corrected chi connectivity index (χ1v) is 10.4. The highest BCUT2D eigenvalue weighted by Gasteiger charge is 2.21. The molecule has 0 spiro atoms. The van der Waals surface area contributed by atoms with Gasteiger partial charge >= 0.3 is 0 Å². The number of rotatable bonds is 5. The van der Waals surface area contributed by atoms with Crippen molar-refractivity contribution in [3.63, 3.8) is 0 Å². The minimum absolute atomic E-state index is 0.121. The van der Waals surface area contributed by atoms with E-state index in [4.69, 9.17) is 11.6 Å². The van der Waals surface area contributed by atoms with Crippen LogP contribution >= 0.6 is 23.4 Å². The van der Waals surface area contributed by atoms with Gasteiger partial charge in [0.15, 0.2) is 5.82 Å². The number of H-pyrrole nitrogens is 1. The van der Waals surface area contributed by atoms with Crippen molar-refractivity contribution in [2.24, 2.45) is 0 Å². The number of thioether (sulfide) groups is 1. The van der Waals surface area contributed by atoms with Crippen molar-refractivity contribution in [2.45, 2.75) is 5.16 Å². The quantitative estimate of drug-likeness (QED) is 0.648. The van der Waals surface area contributed by atoms with Crippen LogP contribution in [0, 0.1) is 0 Å². The molecule has 1 fully saturated rings. The van der Waals surface area contributed by atoms with E-state index in [9.17, 15) is 4.79 Å². The molecule has 1 aliphatic heterocycles. The molecule has 3 aromatic rings. The van der Waals surface area contributed by atoms with Gasteiger partial charge in [0.2, 0.25) is 11.1 Å². The smallest absolute Gasteiger partial charge is 0.233 e. The molecule has 1 aliphatic rings. The van der Waals surface area contributed by atoms with Crippen LogP contribution in [0.4, 0.5) is 5.69 Å². The van der Waals surface area contributed by atoms with Gasteiger partial charge in [-0.25, -0.2) is 4.98 Å². The Morgan fingerprint density at radius 1 is 1.04 bits per heavy atom. The number of anilines is 1. The Bertz CT molecular complexity index is 923. The van der Waals surface area contributed by atoms with Crippen LogP contribution in [0.3, 0.4) is 0 Å². The van der Waals surface area contributed by atoms with E-state index < -0.39 is 0 Å². The monoisotopic (exact) mass is 413 g/mol. The number of piperazine rings is 1. The van der Waals surface area contributed by atoms with Crippen LogP contribution in [-0.4, -0.2) is 57.9 Å². The SMILES string of the molecule is O=C(CSc1n[nH]c(-c2ccc(Cl)cc2)n1)N1CCN(c2ccccc2)CC1. The number of nitrogens with zero attached hydrogens (tertiary/aromatic N) is 4. The highest BCUT2D eigenvalue weighted by molar-refractivity contribution is 7.99. The van der Waals surface area contributed by atoms with E-state index in [1.165, 1.54) is 17.4 Å². The molecule has 1 amide bonds. The van der Waals surface area contributed by atoms with Gasteiger partial charge in [-0.1, -0.05) is 41.6 Å². The number of aromatic nitrogens is 3. The van der Waals surface area contributed by atoms with Crippen LogP contribution in [0.25, 0.3) is 11.4 Å². The van der Waals surface area contributed by atoms with Gasteiger partial charge in [0.25, 0.3) is 0 Å². The van der Waals surface area contributed by atoms with Crippen molar-refractivity contribution in [3.05, 3.63) is 59.6 Å². The summed E-state index contributed by atoms with van der Waals surface area (Å²) in [6, 6.07) is 17.7. The predicted molar refractivity (Wildman–Crippen MR) is 113 cm³/mol. The minimum atomic E-state index is 0.121. The number of amides is 1.